The number of likely N-dealkylation sites (N-methyl/N-ethyl adjacent to an activating group) is 1. The highest BCUT2D eigenvalue weighted by molar-refractivity contribution is 6.06. The number of nitrogens with one attached hydrogen (secondary N) is 1. The lowest BCUT2D eigenvalue weighted by molar-refractivity contribution is -0.118. The van der Waals surface area contributed by atoms with Gasteiger partial charge in [0.25, 0.3) is 5.91 Å². The van der Waals surface area contributed by atoms with Crippen LogP contribution in [0, 0.1) is 6.92 Å². The second-order valence-electron chi connectivity index (χ2n) is 6.62. The third kappa shape index (κ3) is 4.36. The predicted octanol–water partition coefficient (Wildman–Crippen LogP) is 2.60. The van der Waals surface area contributed by atoms with Crippen LogP contribution in [0.2, 0.25) is 0 Å². The molecule has 1 unspecified atom stereocenters. The molecule has 1 amide bonds. The Bertz CT molecular complexity index is 813. The standard InChI is InChI=1S/C21H23N3O2/c1-15-8-10-17(11-9-15)19(25)14-18-20(26)23-21(22-18)24(2)13-12-16-6-4-3-5-7-16/h3-11,18H,12-14H2,1-2H3,(H,22,23,26). The van der Waals surface area contributed by atoms with Crippen molar-refractivity contribution in [1.29, 1.82) is 0 Å². The monoisotopic (exact) mass is 349 g/mol. The predicted molar refractivity (Wildman–Crippen MR) is 102 cm³/mol. The fourth-order valence-corrected chi connectivity index (χ4v) is 2.86. The Hall–Kier alpha value is -2.95. The van der Waals surface area contributed by atoms with Gasteiger partial charge < -0.3 is 10.2 Å². The first-order chi connectivity index (χ1) is 12.5. The number of aryl methyl sites for hydroxylation is 1. The minimum Gasteiger partial charge on any atom is -0.345 e. The molecule has 2 aromatic rings. The maximum Gasteiger partial charge on any atom is 0.271 e. The van der Waals surface area contributed by atoms with Gasteiger partial charge in [0.1, 0.15) is 6.04 Å². The first-order valence-corrected chi connectivity index (χ1v) is 8.77. The summed E-state index contributed by atoms with van der Waals surface area (Å²) in [6.07, 6.45) is 0.973. The summed E-state index contributed by atoms with van der Waals surface area (Å²) in [6, 6.07) is 17.0. The van der Waals surface area contributed by atoms with Gasteiger partial charge in [0.15, 0.2) is 5.78 Å². The molecular formula is C21H23N3O2. The van der Waals surface area contributed by atoms with Crippen LogP contribution < -0.4 is 5.32 Å². The molecule has 1 atom stereocenters. The zero-order chi connectivity index (χ0) is 18.5. The number of aliphatic imine (C=N–C) groups is 1. The fourth-order valence-electron chi connectivity index (χ4n) is 2.86. The van der Waals surface area contributed by atoms with E-state index in [0.29, 0.717) is 11.5 Å². The number of hydrogen-bond acceptors (Lipinski definition) is 4. The Kier molecular flexibility index (Phi) is 5.46. The van der Waals surface area contributed by atoms with Gasteiger partial charge in [0, 0.05) is 25.6 Å². The molecule has 0 radical (unpaired) electrons. The van der Waals surface area contributed by atoms with Gasteiger partial charge in [-0.2, -0.15) is 4.99 Å². The lowest BCUT2D eigenvalue weighted by Gasteiger charge is -2.20. The van der Waals surface area contributed by atoms with Gasteiger partial charge in [-0.25, -0.2) is 0 Å². The Morgan fingerprint density at radius 1 is 1.12 bits per heavy atom. The van der Waals surface area contributed by atoms with Crippen LogP contribution in [0.25, 0.3) is 0 Å². The molecule has 0 aliphatic carbocycles. The highest BCUT2D eigenvalue weighted by Crippen LogP contribution is 2.12. The van der Waals surface area contributed by atoms with E-state index in [1.807, 2.05) is 49.2 Å². The van der Waals surface area contributed by atoms with E-state index in [2.05, 4.69) is 22.4 Å². The zero-order valence-electron chi connectivity index (χ0n) is 15.1. The molecule has 3 rings (SSSR count). The summed E-state index contributed by atoms with van der Waals surface area (Å²) in [7, 11) is 1.90. The summed E-state index contributed by atoms with van der Waals surface area (Å²) >= 11 is 0. The van der Waals surface area contributed by atoms with Crippen molar-refractivity contribution in [3.05, 3.63) is 71.3 Å². The number of hydrogen-bond donors (Lipinski definition) is 1. The van der Waals surface area contributed by atoms with E-state index in [4.69, 9.17) is 0 Å². The lowest BCUT2D eigenvalue weighted by atomic mass is 10.0. The van der Waals surface area contributed by atoms with Crippen LogP contribution >= 0.6 is 0 Å². The van der Waals surface area contributed by atoms with Crippen LogP contribution in [0.5, 0.6) is 0 Å². The molecule has 2 aromatic carbocycles. The van der Waals surface area contributed by atoms with Crippen molar-refractivity contribution >= 4 is 17.6 Å². The summed E-state index contributed by atoms with van der Waals surface area (Å²) in [5.74, 6) is 0.193. The van der Waals surface area contributed by atoms with Crippen LogP contribution in [0.1, 0.15) is 27.9 Å². The Labute approximate surface area is 153 Å². The molecule has 0 fully saturated rings. The molecule has 0 spiro atoms. The van der Waals surface area contributed by atoms with E-state index >= 15 is 0 Å². The summed E-state index contributed by atoms with van der Waals surface area (Å²) in [5, 5.41) is 3.09. The summed E-state index contributed by atoms with van der Waals surface area (Å²) in [5.41, 5.74) is 2.95. The van der Waals surface area contributed by atoms with Crippen LogP contribution in [-0.4, -0.2) is 42.2 Å². The molecule has 1 heterocycles. The highest BCUT2D eigenvalue weighted by atomic mass is 16.2. The second-order valence-corrected chi connectivity index (χ2v) is 6.62. The van der Waals surface area contributed by atoms with E-state index in [1.165, 1.54) is 5.56 Å². The number of ketones is 1. The van der Waals surface area contributed by atoms with Crippen molar-refractivity contribution in [3.8, 4) is 0 Å². The molecule has 0 saturated heterocycles. The van der Waals surface area contributed by atoms with Gasteiger partial charge >= 0.3 is 0 Å². The topological polar surface area (TPSA) is 61.8 Å². The summed E-state index contributed by atoms with van der Waals surface area (Å²) < 4.78 is 0. The third-order valence-electron chi connectivity index (χ3n) is 4.52. The van der Waals surface area contributed by atoms with Crippen molar-refractivity contribution in [1.82, 2.24) is 10.2 Å². The molecule has 1 aliphatic heterocycles. The van der Waals surface area contributed by atoms with E-state index in [9.17, 15) is 9.59 Å². The molecule has 0 saturated carbocycles. The molecule has 5 nitrogen and oxygen atoms in total. The largest absolute Gasteiger partial charge is 0.345 e. The normalized spacial score (nSPS) is 16.2. The van der Waals surface area contributed by atoms with Crippen molar-refractivity contribution in [3.63, 3.8) is 0 Å². The van der Waals surface area contributed by atoms with Gasteiger partial charge in [-0.15, -0.1) is 0 Å². The number of Topliss-reactive ketones (excluding diaryl/α,β-unsaturated/α-hetero) is 1. The average molecular weight is 349 g/mol. The van der Waals surface area contributed by atoms with Crippen LogP contribution in [0.4, 0.5) is 0 Å². The van der Waals surface area contributed by atoms with Gasteiger partial charge in [0.2, 0.25) is 5.96 Å². The Balaban J connectivity index is 1.54. The summed E-state index contributed by atoms with van der Waals surface area (Å²) in [6.45, 7) is 2.71. The number of rotatable bonds is 6. The van der Waals surface area contributed by atoms with E-state index in [0.717, 1.165) is 18.5 Å². The van der Waals surface area contributed by atoms with Crippen molar-refractivity contribution < 1.29 is 9.59 Å². The van der Waals surface area contributed by atoms with E-state index in [1.54, 1.807) is 12.1 Å². The van der Waals surface area contributed by atoms with E-state index < -0.39 is 6.04 Å². The minimum atomic E-state index is -0.585. The number of carbonyl (C=O) groups is 2. The van der Waals surface area contributed by atoms with Gasteiger partial charge in [-0.3, -0.25) is 9.59 Å². The van der Waals surface area contributed by atoms with Gasteiger partial charge in [-0.1, -0.05) is 60.2 Å². The highest BCUT2D eigenvalue weighted by Gasteiger charge is 2.30. The molecule has 1 N–H and O–H groups in total. The number of guanidine groups is 1. The number of amides is 1. The number of carbonyl (C=O) groups excluding carboxylic acids is 2. The molecule has 134 valence electrons. The third-order valence-corrected chi connectivity index (χ3v) is 4.52. The van der Waals surface area contributed by atoms with Crippen molar-refractivity contribution in [2.24, 2.45) is 4.99 Å². The summed E-state index contributed by atoms with van der Waals surface area (Å²) in [4.78, 5) is 30.5. The first kappa shape index (κ1) is 17.9. The molecule has 0 bridgehead atoms. The van der Waals surface area contributed by atoms with Crippen LogP contribution in [-0.2, 0) is 11.2 Å². The maximum atomic E-state index is 12.4. The smallest absolute Gasteiger partial charge is 0.271 e. The number of nitrogens with zero attached hydrogens (tertiary/aromatic N) is 2. The van der Waals surface area contributed by atoms with Crippen LogP contribution in [0.3, 0.4) is 0 Å². The average Bonchev–Trinajstić information content (AvgIpc) is 3.01. The molecule has 5 heteroatoms. The number of benzene rings is 2. The SMILES string of the molecule is Cc1ccc(C(=O)CC2NC(N(C)CCc3ccccc3)=NC2=O)cc1. The zero-order valence-corrected chi connectivity index (χ0v) is 15.1. The van der Waals surface area contributed by atoms with E-state index in [-0.39, 0.29) is 18.1 Å². The quantitative estimate of drug-likeness (QED) is 0.815. The maximum absolute atomic E-state index is 12.4. The first-order valence-electron chi connectivity index (χ1n) is 8.77. The minimum absolute atomic E-state index is 0.0563. The Morgan fingerprint density at radius 3 is 2.50 bits per heavy atom. The molecule has 1 aliphatic rings. The molecule has 0 aromatic heterocycles. The van der Waals surface area contributed by atoms with Crippen LogP contribution in [0.15, 0.2) is 59.6 Å². The van der Waals surface area contributed by atoms with Crippen molar-refractivity contribution in [2.75, 3.05) is 13.6 Å². The van der Waals surface area contributed by atoms with Crippen molar-refractivity contribution in [2.45, 2.75) is 25.8 Å². The molecule has 26 heavy (non-hydrogen) atoms. The Morgan fingerprint density at radius 2 is 1.81 bits per heavy atom. The van der Waals surface area contributed by atoms with Gasteiger partial charge in [-0.05, 0) is 18.9 Å². The second kappa shape index (κ2) is 7.95. The fraction of sp³-hybridized carbons (Fsp3) is 0.286. The molecular weight excluding hydrogens is 326 g/mol. The van der Waals surface area contributed by atoms with Gasteiger partial charge in [0.05, 0.1) is 0 Å². The lowest BCUT2D eigenvalue weighted by Crippen LogP contribution is -2.42.